The van der Waals surface area contributed by atoms with Crippen LogP contribution in [0.4, 0.5) is 0 Å². The fourth-order valence-electron chi connectivity index (χ4n) is 2.07. The first-order chi connectivity index (χ1) is 6.96. The largest absolute Gasteiger partial charge is 0.481 e. The zero-order valence-corrected chi connectivity index (χ0v) is 9.38. The Labute approximate surface area is 90.0 Å². The van der Waals surface area contributed by atoms with Gasteiger partial charge in [0.15, 0.2) is 0 Å². The zero-order chi connectivity index (χ0) is 11.5. The molecule has 0 saturated heterocycles. The maximum Gasteiger partial charge on any atom is 0.311 e. The van der Waals surface area contributed by atoms with Crippen molar-refractivity contribution in [1.82, 2.24) is 5.32 Å². The summed E-state index contributed by atoms with van der Waals surface area (Å²) < 4.78 is 0. The van der Waals surface area contributed by atoms with Crippen LogP contribution in [0.25, 0.3) is 0 Å². The number of nitrogens with one attached hydrogen (secondary N) is 1. The molecule has 0 aliphatic heterocycles. The molecule has 0 aromatic carbocycles. The molecule has 15 heavy (non-hydrogen) atoms. The van der Waals surface area contributed by atoms with E-state index in [1.54, 1.807) is 0 Å². The van der Waals surface area contributed by atoms with Gasteiger partial charge < -0.3 is 10.4 Å². The molecule has 0 unspecified atom stereocenters. The van der Waals surface area contributed by atoms with E-state index in [0.29, 0.717) is 18.8 Å². The third-order valence-electron chi connectivity index (χ3n) is 3.36. The molecule has 0 aromatic rings. The van der Waals surface area contributed by atoms with E-state index in [2.05, 4.69) is 12.2 Å². The van der Waals surface area contributed by atoms with Crippen molar-refractivity contribution >= 4 is 11.9 Å². The second-order valence-electron chi connectivity index (χ2n) is 4.68. The van der Waals surface area contributed by atoms with Crippen molar-refractivity contribution in [2.75, 3.05) is 6.54 Å². The monoisotopic (exact) mass is 213 g/mol. The van der Waals surface area contributed by atoms with Crippen LogP contribution in [0.1, 0.15) is 39.5 Å². The summed E-state index contributed by atoms with van der Waals surface area (Å²) >= 11 is 0. The van der Waals surface area contributed by atoms with Crippen LogP contribution in [0.2, 0.25) is 0 Å². The molecule has 0 spiro atoms. The Morgan fingerprint density at radius 3 is 2.33 bits per heavy atom. The summed E-state index contributed by atoms with van der Waals surface area (Å²) in [4.78, 5) is 22.1. The number of carbonyl (C=O) groups excluding carboxylic acids is 1. The minimum Gasteiger partial charge on any atom is -0.481 e. The average molecular weight is 213 g/mol. The minimum atomic E-state index is -0.775. The van der Waals surface area contributed by atoms with Crippen LogP contribution in [0.5, 0.6) is 0 Å². The van der Waals surface area contributed by atoms with Gasteiger partial charge >= 0.3 is 5.97 Å². The van der Waals surface area contributed by atoms with Gasteiger partial charge in [0, 0.05) is 13.5 Å². The van der Waals surface area contributed by atoms with Gasteiger partial charge in [-0.1, -0.05) is 6.92 Å². The fourth-order valence-corrected chi connectivity index (χ4v) is 2.07. The van der Waals surface area contributed by atoms with Gasteiger partial charge in [0.2, 0.25) is 5.91 Å². The Bertz CT molecular complexity index is 255. The van der Waals surface area contributed by atoms with E-state index < -0.39 is 11.4 Å². The van der Waals surface area contributed by atoms with Crippen LogP contribution in [0, 0.1) is 11.3 Å². The van der Waals surface area contributed by atoms with Crippen LogP contribution >= 0.6 is 0 Å². The van der Waals surface area contributed by atoms with E-state index in [-0.39, 0.29) is 12.5 Å². The van der Waals surface area contributed by atoms with Crippen LogP contribution < -0.4 is 5.32 Å². The lowest BCUT2D eigenvalue weighted by atomic mass is 9.71. The predicted molar refractivity (Wildman–Crippen MR) is 56.4 cm³/mol. The first-order valence-electron chi connectivity index (χ1n) is 5.44. The van der Waals surface area contributed by atoms with Gasteiger partial charge in [-0.2, -0.15) is 0 Å². The third-order valence-corrected chi connectivity index (χ3v) is 3.36. The van der Waals surface area contributed by atoms with Gasteiger partial charge in [-0.3, -0.25) is 9.59 Å². The fraction of sp³-hybridized carbons (Fsp3) is 0.818. The molecule has 2 N–H and O–H groups in total. The Hall–Kier alpha value is -1.06. The topological polar surface area (TPSA) is 66.4 Å². The van der Waals surface area contributed by atoms with Crippen LogP contribution in [0.3, 0.4) is 0 Å². The number of hydrogen-bond donors (Lipinski definition) is 2. The molecule has 1 rings (SSSR count). The molecule has 1 amide bonds. The first kappa shape index (κ1) is 12.0. The quantitative estimate of drug-likeness (QED) is 0.744. The molecule has 0 heterocycles. The van der Waals surface area contributed by atoms with Crippen molar-refractivity contribution in [2.24, 2.45) is 11.3 Å². The Kier molecular flexibility index (Phi) is 3.72. The molecule has 0 bridgehead atoms. The zero-order valence-electron chi connectivity index (χ0n) is 9.38. The van der Waals surface area contributed by atoms with Gasteiger partial charge in [0.05, 0.1) is 5.41 Å². The summed E-state index contributed by atoms with van der Waals surface area (Å²) in [6.07, 6.45) is 3.21. The van der Waals surface area contributed by atoms with E-state index in [4.69, 9.17) is 0 Å². The lowest BCUT2D eigenvalue weighted by molar-refractivity contribution is -0.151. The summed E-state index contributed by atoms with van der Waals surface area (Å²) in [5, 5.41) is 11.9. The van der Waals surface area contributed by atoms with Crippen molar-refractivity contribution in [1.29, 1.82) is 0 Å². The lowest BCUT2D eigenvalue weighted by Crippen LogP contribution is -2.44. The highest BCUT2D eigenvalue weighted by atomic mass is 16.4. The molecule has 1 aliphatic rings. The van der Waals surface area contributed by atoms with Gasteiger partial charge in [-0.05, 0) is 31.6 Å². The van der Waals surface area contributed by atoms with E-state index in [0.717, 1.165) is 12.8 Å². The normalized spacial score (nSPS) is 30.9. The van der Waals surface area contributed by atoms with Gasteiger partial charge in [0.25, 0.3) is 0 Å². The molecule has 4 heteroatoms. The van der Waals surface area contributed by atoms with E-state index in [9.17, 15) is 14.7 Å². The second-order valence-corrected chi connectivity index (χ2v) is 4.68. The van der Waals surface area contributed by atoms with Gasteiger partial charge in [-0.15, -0.1) is 0 Å². The third kappa shape index (κ3) is 2.94. The number of carboxylic acid groups (broad SMARTS) is 1. The highest BCUT2D eigenvalue weighted by Gasteiger charge is 2.41. The number of hydrogen-bond acceptors (Lipinski definition) is 2. The van der Waals surface area contributed by atoms with Crippen molar-refractivity contribution in [3.05, 3.63) is 0 Å². The summed E-state index contributed by atoms with van der Waals surface area (Å²) in [5.74, 6) is -0.327. The number of carboxylic acids is 1. The number of amides is 1. The van der Waals surface area contributed by atoms with Gasteiger partial charge in [-0.25, -0.2) is 0 Å². The maximum atomic E-state index is 11.2. The molecule has 1 fully saturated rings. The Balaban J connectivity index is 2.63. The Morgan fingerprint density at radius 1 is 1.40 bits per heavy atom. The summed E-state index contributed by atoms with van der Waals surface area (Å²) in [7, 11) is 0. The molecule has 0 atom stereocenters. The summed E-state index contributed by atoms with van der Waals surface area (Å²) in [5.41, 5.74) is -0.724. The van der Waals surface area contributed by atoms with Crippen molar-refractivity contribution in [3.63, 3.8) is 0 Å². The maximum absolute atomic E-state index is 11.2. The number of rotatable bonds is 3. The first-order valence-corrected chi connectivity index (χ1v) is 5.44. The molecule has 86 valence electrons. The van der Waals surface area contributed by atoms with Crippen LogP contribution in [-0.4, -0.2) is 23.5 Å². The second kappa shape index (κ2) is 4.64. The van der Waals surface area contributed by atoms with E-state index >= 15 is 0 Å². The Morgan fingerprint density at radius 2 is 1.93 bits per heavy atom. The van der Waals surface area contributed by atoms with Crippen molar-refractivity contribution in [3.8, 4) is 0 Å². The van der Waals surface area contributed by atoms with Crippen LogP contribution in [0.15, 0.2) is 0 Å². The SMILES string of the molecule is CC(=O)NCC1(C(=O)O)CCC(C)CC1. The molecule has 0 radical (unpaired) electrons. The highest BCUT2D eigenvalue weighted by molar-refractivity contribution is 5.77. The van der Waals surface area contributed by atoms with Crippen molar-refractivity contribution in [2.45, 2.75) is 39.5 Å². The van der Waals surface area contributed by atoms with Gasteiger partial charge in [0.1, 0.15) is 0 Å². The van der Waals surface area contributed by atoms with E-state index in [1.807, 2.05) is 0 Å². The smallest absolute Gasteiger partial charge is 0.311 e. The molecular formula is C11H19NO3. The average Bonchev–Trinajstić information content (AvgIpc) is 2.17. The predicted octanol–water partition coefficient (Wildman–Crippen LogP) is 1.40. The minimum absolute atomic E-state index is 0.158. The molecule has 0 aromatic heterocycles. The van der Waals surface area contributed by atoms with Crippen molar-refractivity contribution < 1.29 is 14.7 Å². The molecular weight excluding hydrogens is 194 g/mol. The summed E-state index contributed by atoms with van der Waals surface area (Å²) in [6.45, 7) is 3.83. The summed E-state index contributed by atoms with van der Waals surface area (Å²) in [6, 6.07) is 0. The standard InChI is InChI=1S/C11H19NO3/c1-8-3-5-11(6-4-8,10(14)15)7-12-9(2)13/h8H,3-7H2,1-2H3,(H,12,13)(H,14,15). The molecule has 1 saturated carbocycles. The molecule has 4 nitrogen and oxygen atoms in total. The molecule has 1 aliphatic carbocycles. The van der Waals surface area contributed by atoms with E-state index in [1.165, 1.54) is 6.92 Å². The number of aliphatic carboxylic acids is 1. The highest BCUT2D eigenvalue weighted by Crippen LogP contribution is 2.38. The van der Waals surface area contributed by atoms with Crippen LogP contribution in [-0.2, 0) is 9.59 Å². The lowest BCUT2D eigenvalue weighted by Gasteiger charge is -2.35. The number of carbonyl (C=O) groups is 2.